The molecule has 0 atom stereocenters. The number of nitrogens with one attached hydrogen (secondary N) is 2. The lowest BCUT2D eigenvalue weighted by molar-refractivity contribution is -0.0164. The van der Waals surface area contributed by atoms with Gasteiger partial charge in [0.25, 0.3) is 0 Å². The Labute approximate surface area is 165 Å². The maximum Gasteiger partial charge on any atom is 0.191 e. The van der Waals surface area contributed by atoms with E-state index in [0.717, 1.165) is 58.2 Å². The predicted molar refractivity (Wildman–Crippen MR) is 112 cm³/mol. The van der Waals surface area contributed by atoms with Gasteiger partial charge in [-0.25, -0.2) is 0 Å². The molecule has 6 heteroatoms. The zero-order chi connectivity index (χ0) is 19.1. The van der Waals surface area contributed by atoms with E-state index in [2.05, 4.69) is 38.9 Å². The van der Waals surface area contributed by atoms with Crippen molar-refractivity contribution < 1.29 is 4.74 Å². The van der Waals surface area contributed by atoms with Gasteiger partial charge in [0.15, 0.2) is 5.96 Å². The van der Waals surface area contributed by atoms with Crippen molar-refractivity contribution in [3.05, 3.63) is 12.2 Å². The largest absolute Gasteiger partial charge is 0.381 e. The molecule has 0 bridgehead atoms. The summed E-state index contributed by atoms with van der Waals surface area (Å²) in [4.78, 5) is 9.71. The molecule has 0 aromatic rings. The standard InChI is InChI=1S/C21H39N5O/c1-18(2)16-25-12-6-19(7-13-25)24-20(22-3)23-17-21(8-14-27-15-9-21)26-10-4-5-11-26/h19H,1,4-17H2,2-3H3,(H2,22,23,24). The molecule has 3 aliphatic rings. The summed E-state index contributed by atoms with van der Waals surface area (Å²) >= 11 is 0. The van der Waals surface area contributed by atoms with E-state index in [4.69, 9.17) is 4.74 Å². The summed E-state index contributed by atoms with van der Waals surface area (Å²) in [6, 6.07) is 0.509. The maximum absolute atomic E-state index is 5.67. The lowest BCUT2D eigenvalue weighted by Gasteiger charge is -2.45. The lowest BCUT2D eigenvalue weighted by atomic mass is 9.88. The fraction of sp³-hybridized carbons (Fsp3) is 0.857. The van der Waals surface area contributed by atoms with Crippen molar-refractivity contribution in [1.29, 1.82) is 0 Å². The minimum Gasteiger partial charge on any atom is -0.381 e. The van der Waals surface area contributed by atoms with Crippen molar-refractivity contribution in [2.24, 2.45) is 4.99 Å². The molecule has 154 valence electrons. The highest BCUT2D eigenvalue weighted by atomic mass is 16.5. The Morgan fingerprint density at radius 2 is 1.81 bits per heavy atom. The summed E-state index contributed by atoms with van der Waals surface area (Å²) in [5.41, 5.74) is 1.49. The van der Waals surface area contributed by atoms with Crippen molar-refractivity contribution in [2.45, 2.75) is 57.0 Å². The Hall–Kier alpha value is -1.11. The van der Waals surface area contributed by atoms with Crippen molar-refractivity contribution in [1.82, 2.24) is 20.4 Å². The summed E-state index contributed by atoms with van der Waals surface area (Å²) in [6.07, 6.45) is 7.24. The van der Waals surface area contributed by atoms with E-state index >= 15 is 0 Å². The normalized spacial score (nSPS) is 25.5. The third kappa shape index (κ3) is 5.69. The van der Waals surface area contributed by atoms with Crippen LogP contribution in [0, 0.1) is 0 Å². The van der Waals surface area contributed by atoms with Crippen molar-refractivity contribution in [2.75, 3.05) is 59.5 Å². The minimum absolute atomic E-state index is 0.233. The molecular weight excluding hydrogens is 338 g/mol. The highest BCUT2D eigenvalue weighted by molar-refractivity contribution is 5.80. The van der Waals surface area contributed by atoms with Crippen molar-refractivity contribution in [3.63, 3.8) is 0 Å². The van der Waals surface area contributed by atoms with Gasteiger partial charge in [0.2, 0.25) is 0 Å². The average Bonchev–Trinajstić information content (AvgIpc) is 3.22. The van der Waals surface area contributed by atoms with Crippen LogP contribution in [-0.2, 0) is 4.74 Å². The van der Waals surface area contributed by atoms with E-state index in [1.807, 2.05) is 7.05 Å². The SMILES string of the molecule is C=C(C)CN1CCC(NC(=NC)NCC2(N3CCCC3)CCOCC2)CC1. The van der Waals surface area contributed by atoms with Crippen molar-refractivity contribution in [3.8, 4) is 0 Å². The van der Waals surface area contributed by atoms with Gasteiger partial charge in [-0.15, -0.1) is 0 Å². The lowest BCUT2D eigenvalue weighted by Crippen LogP contribution is -2.59. The van der Waals surface area contributed by atoms with Gasteiger partial charge in [0.1, 0.15) is 0 Å². The van der Waals surface area contributed by atoms with Gasteiger partial charge in [-0.05, 0) is 58.5 Å². The molecule has 3 aliphatic heterocycles. The highest BCUT2D eigenvalue weighted by Crippen LogP contribution is 2.30. The predicted octanol–water partition coefficient (Wildman–Crippen LogP) is 1.84. The summed E-state index contributed by atoms with van der Waals surface area (Å²) in [6.45, 7) is 14.6. The van der Waals surface area contributed by atoms with Crippen LogP contribution in [0.3, 0.4) is 0 Å². The van der Waals surface area contributed by atoms with Crippen LogP contribution in [-0.4, -0.2) is 86.9 Å². The third-order valence-corrected chi connectivity index (χ3v) is 6.43. The average molecular weight is 378 g/mol. The van der Waals surface area contributed by atoms with Crippen LogP contribution in [0.4, 0.5) is 0 Å². The second-order valence-electron chi connectivity index (χ2n) is 8.61. The topological polar surface area (TPSA) is 52.1 Å². The number of hydrogen-bond acceptors (Lipinski definition) is 4. The van der Waals surface area contributed by atoms with E-state index in [-0.39, 0.29) is 5.54 Å². The van der Waals surface area contributed by atoms with E-state index in [0.29, 0.717) is 6.04 Å². The first kappa shape index (κ1) is 20.6. The molecule has 0 saturated carbocycles. The Morgan fingerprint density at radius 3 is 2.41 bits per heavy atom. The van der Waals surface area contributed by atoms with Crippen LogP contribution >= 0.6 is 0 Å². The van der Waals surface area contributed by atoms with Gasteiger partial charge >= 0.3 is 0 Å². The number of likely N-dealkylation sites (tertiary alicyclic amines) is 2. The molecule has 0 spiro atoms. The van der Waals surface area contributed by atoms with Crippen LogP contribution in [0.25, 0.3) is 0 Å². The highest BCUT2D eigenvalue weighted by Gasteiger charge is 2.39. The maximum atomic E-state index is 5.67. The smallest absolute Gasteiger partial charge is 0.191 e. The quantitative estimate of drug-likeness (QED) is 0.420. The molecule has 0 aromatic heterocycles. The van der Waals surface area contributed by atoms with E-state index < -0.39 is 0 Å². The monoisotopic (exact) mass is 377 g/mol. The van der Waals surface area contributed by atoms with Crippen LogP contribution in [0.5, 0.6) is 0 Å². The molecule has 6 nitrogen and oxygen atoms in total. The molecule has 2 N–H and O–H groups in total. The molecule has 3 heterocycles. The molecule has 3 fully saturated rings. The van der Waals surface area contributed by atoms with E-state index in [9.17, 15) is 0 Å². The van der Waals surface area contributed by atoms with E-state index in [1.54, 1.807) is 0 Å². The molecule has 0 unspecified atom stereocenters. The summed E-state index contributed by atoms with van der Waals surface area (Å²) in [7, 11) is 1.89. The van der Waals surface area contributed by atoms with Gasteiger partial charge < -0.3 is 15.4 Å². The Morgan fingerprint density at radius 1 is 1.15 bits per heavy atom. The Balaban J connectivity index is 1.49. The number of nitrogens with zero attached hydrogens (tertiary/aromatic N) is 3. The third-order valence-electron chi connectivity index (χ3n) is 6.43. The first-order valence-electron chi connectivity index (χ1n) is 10.8. The summed E-state index contributed by atoms with van der Waals surface area (Å²) in [5, 5.41) is 7.33. The number of guanidine groups is 1. The van der Waals surface area contributed by atoms with Crippen LogP contribution in [0.15, 0.2) is 17.1 Å². The molecule has 0 amide bonds. The van der Waals surface area contributed by atoms with Crippen LogP contribution in [0.1, 0.15) is 45.4 Å². The first-order valence-corrected chi connectivity index (χ1v) is 10.8. The van der Waals surface area contributed by atoms with Gasteiger partial charge in [0, 0.05) is 58.0 Å². The molecule has 0 aromatic carbocycles. The summed E-state index contributed by atoms with van der Waals surface area (Å²) < 4.78 is 5.67. The van der Waals surface area contributed by atoms with Crippen LogP contribution < -0.4 is 10.6 Å². The minimum atomic E-state index is 0.233. The fourth-order valence-electron chi connectivity index (χ4n) is 4.80. The van der Waals surface area contributed by atoms with Crippen LogP contribution in [0.2, 0.25) is 0 Å². The van der Waals surface area contributed by atoms with Gasteiger partial charge in [-0.3, -0.25) is 14.8 Å². The van der Waals surface area contributed by atoms with Gasteiger partial charge in [-0.1, -0.05) is 12.2 Å². The molecule has 3 saturated heterocycles. The molecular formula is C21H39N5O. The first-order chi connectivity index (χ1) is 13.1. The van der Waals surface area contributed by atoms with Crippen molar-refractivity contribution >= 4 is 5.96 Å². The second-order valence-corrected chi connectivity index (χ2v) is 8.61. The number of rotatable bonds is 6. The summed E-state index contributed by atoms with van der Waals surface area (Å²) in [5.74, 6) is 0.957. The molecule has 27 heavy (non-hydrogen) atoms. The molecule has 3 rings (SSSR count). The zero-order valence-electron chi connectivity index (χ0n) is 17.4. The number of aliphatic imine (C=N–C) groups is 1. The molecule has 0 aliphatic carbocycles. The van der Waals surface area contributed by atoms with Gasteiger partial charge in [-0.2, -0.15) is 0 Å². The molecule has 0 radical (unpaired) electrons. The van der Waals surface area contributed by atoms with Gasteiger partial charge in [0.05, 0.1) is 0 Å². The Kier molecular flexibility index (Phi) is 7.56. The fourth-order valence-corrected chi connectivity index (χ4v) is 4.80. The number of hydrogen-bond donors (Lipinski definition) is 2. The number of piperidine rings is 1. The van der Waals surface area contributed by atoms with E-state index in [1.165, 1.54) is 44.3 Å². The Bertz CT molecular complexity index is 501. The zero-order valence-corrected chi connectivity index (χ0v) is 17.4. The number of ether oxygens (including phenoxy) is 1. The second kappa shape index (κ2) is 9.89.